The van der Waals surface area contributed by atoms with Gasteiger partial charge >= 0.3 is 0 Å². The van der Waals surface area contributed by atoms with Crippen LogP contribution in [0.25, 0.3) is 0 Å². The lowest BCUT2D eigenvalue weighted by atomic mass is 10.2. The van der Waals surface area contributed by atoms with Crippen LogP contribution in [0.1, 0.15) is 10.4 Å². The SMILES string of the molecule is CON(C)C(=O)c1ccc(NC(=O)CCl)cc1. The van der Waals surface area contributed by atoms with Crippen LogP contribution in [0.5, 0.6) is 0 Å². The molecule has 0 saturated carbocycles. The number of rotatable bonds is 4. The third-order valence-electron chi connectivity index (χ3n) is 2.10. The lowest BCUT2D eigenvalue weighted by Crippen LogP contribution is -2.25. The molecule has 0 heterocycles. The summed E-state index contributed by atoms with van der Waals surface area (Å²) in [4.78, 5) is 27.4. The van der Waals surface area contributed by atoms with Gasteiger partial charge in [-0.3, -0.25) is 14.4 Å². The number of amides is 2. The molecule has 1 aromatic carbocycles. The summed E-state index contributed by atoms with van der Waals surface area (Å²) in [5.74, 6) is -0.657. The van der Waals surface area contributed by atoms with Crippen LogP contribution in [0, 0.1) is 0 Å². The fraction of sp³-hybridized carbons (Fsp3) is 0.273. The molecular weight excluding hydrogens is 244 g/mol. The van der Waals surface area contributed by atoms with E-state index in [0.29, 0.717) is 11.3 Å². The van der Waals surface area contributed by atoms with Gasteiger partial charge in [-0.25, -0.2) is 5.06 Å². The molecular formula is C11H13ClN2O3. The van der Waals surface area contributed by atoms with E-state index in [1.165, 1.54) is 14.2 Å². The van der Waals surface area contributed by atoms with E-state index in [0.717, 1.165) is 5.06 Å². The first kappa shape index (κ1) is 13.5. The molecule has 0 radical (unpaired) electrons. The number of hydrogen-bond acceptors (Lipinski definition) is 3. The molecule has 0 aliphatic carbocycles. The highest BCUT2D eigenvalue weighted by Gasteiger charge is 2.10. The molecule has 0 saturated heterocycles. The van der Waals surface area contributed by atoms with Crippen LogP contribution in [0.3, 0.4) is 0 Å². The Kier molecular flexibility index (Phi) is 4.93. The number of hydrogen-bond donors (Lipinski definition) is 1. The zero-order valence-electron chi connectivity index (χ0n) is 9.57. The highest BCUT2D eigenvalue weighted by atomic mass is 35.5. The Morgan fingerprint density at radius 3 is 2.41 bits per heavy atom. The molecule has 5 nitrogen and oxygen atoms in total. The van der Waals surface area contributed by atoms with Gasteiger partial charge in [-0.05, 0) is 24.3 Å². The van der Waals surface area contributed by atoms with E-state index in [4.69, 9.17) is 16.4 Å². The molecule has 0 unspecified atom stereocenters. The molecule has 0 fully saturated rings. The number of hydroxylamine groups is 2. The maximum absolute atomic E-state index is 11.7. The van der Waals surface area contributed by atoms with Gasteiger partial charge in [0.2, 0.25) is 5.91 Å². The monoisotopic (exact) mass is 256 g/mol. The fourth-order valence-corrected chi connectivity index (χ4v) is 1.22. The molecule has 1 aromatic rings. The predicted molar refractivity (Wildman–Crippen MR) is 64.9 cm³/mol. The number of carbonyl (C=O) groups excluding carboxylic acids is 2. The van der Waals surface area contributed by atoms with Crippen molar-refractivity contribution in [1.29, 1.82) is 0 Å². The molecule has 92 valence electrons. The highest BCUT2D eigenvalue weighted by molar-refractivity contribution is 6.29. The fourth-order valence-electron chi connectivity index (χ4n) is 1.16. The lowest BCUT2D eigenvalue weighted by molar-refractivity contribution is -0.113. The van der Waals surface area contributed by atoms with E-state index in [2.05, 4.69) is 5.32 Å². The molecule has 0 aromatic heterocycles. The standard InChI is InChI=1S/C11H13ClN2O3/c1-14(17-2)11(16)8-3-5-9(6-4-8)13-10(15)7-12/h3-6H,7H2,1-2H3,(H,13,15). The van der Waals surface area contributed by atoms with E-state index in [1.807, 2.05) is 0 Å². The van der Waals surface area contributed by atoms with Crippen molar-refractivity contribution in [2.24, 2.45) is 0 Å². The molecule has 0 aliphatic rings. The van der Waals surface area contributed by atoms with Crippen molar-refractivity contribution in [3.05, 3.63) is 29.8 Å². The number of alkyl halides is 1. The Labute approximate surface area is 104 Å². The van der Waals surface area contributed by atoms with Gasteiger partial charge < -0.3 is 5.32 Å². The summed E-state index contributed by atoms with van der Waals surface area (Å²) in [5, 5.41) is 3.69. The largest absolute Gasteiger partial charge is 0.325 e. The second kappa shape index (κ2) is 6.22. The van der Waals surface area contributed by atoms with E-state index in [1.54, 1.807) is 24.3 Å². The predicted octanol–water partition coefficient (Wildman–Crippen LogP) is 1.50. The topological polar surface area (TPSA) is 58.6 Å². The average Bonchev–Trinajstić information content (AvgIpc) is 2.37. The molecule has 17 heavy (non-hydrogen) atoms. The van der Waals surface area contributed by atoms with Gasteiger partial charge in [0.25, 0.3) is 5.91 Å². The summed E-state index contributed by atoms with van der Waals surface area (Å²) in [7, 11) is 2.93. The van der Waals surface area contributed by atoms with Crippen molar-refractivity contribution < 1.29 is 14.4 Å². The van der Waals surface area contributed by atoms with Crippen molar-refractivity contribution in [3.63, 3.8) is 0 Å². The third-order valence-corrected chi connectivity index (χ3v) is 2.34. The Morgan fingerprint density at radius 1 is 1.35 bits per heavy atom. The summed E-state index contributed by atoms with van der Waals surface area (Å²) < 4.78 is 0. The minimum absolute atomic E-state index is 0.104. The number of halogens is 1. The first-order valence-corrected chi connectivity index (χ1v) is 5.40. The van der Waals surface area contributed by atoms with E-state index in [-0.39, 0.29) is 17.7 Å². The lowest BCUT2D eigenvalue weighted by Gasteiger charge is -2.13. The summed E-state index contributed by atoms with van der Waals surface area (Å²) in [6, 6.07) is 6.45. The van der Waals surface area contributed by atoms with Crippen molar-refractivity contribution in [1.82, 2.24) is 5.06 Å². The summed E-state index contributed by atoms with van der Waals surface area (Å²) in [6.07, 6.45) is 0. The number of anilines is 1. The summed E-state index contributed by atoms with van der Waals surface area (Å²) >= 11 is 5.35. The van der Waals surface area contributed by atoms with E-state index < -0.39 is 0 Å². The molecule has 6 heteroatoms. The quantitative estimate of drug-likeness (QED) is 0.656. The van der Waals surface area contributed by atoms with E-state index in [9.17, 15) is 9.59 Å². The number of nitrogens with zero attached hydrogens (tertiary/aromatic N) is 1. The van der Waals surface area contributed by atoms with Gasteiger partial charge in [-0.1, -0.05) is 0 Å². The first-order valence-electron chi connectivity index (χ1n) is 4.86. The molecule has 0 bridgehead atoms. The van der Waals surface area contributed by atoms with Gasteiger partial charge in [0.05, 0.1) is 7.11 Å². The Balaban J connectivity index is 2.74. The van der Waals surface area contributed by atoms with Crippen molar-refractivity contribution in [2.75, 3.05) is 25.4 Å². The normalized spacial score (nSPS) is 9.82. The zero-order chi connectivity index (χ0) is 12.8. The van der Waals surface area contributed by atoms with Gasteiger partial charge in [0.15, 0.2) is 0 Å². The molecule has 0 aliphatic heterocycles. The Morgan fingerprint density at radius 2 is 1.94 bits per heavy atom. The van der Waals surface area contributed by atoms with Gasteiger partial charge in [-0.2, -0.15) is 0 Å². The van der Waals surface area contributed by atoms with Crippen LogP contribution >= 0.6 is 11.6 Å². The first-order chi connectivity index (χ1) is 8.08. The third kappa shape index (κ3) is 3.72. The molecule has 0 spiro atoms. The number of carbonyl (C=O) groups is 2. The molecule has 2 amide bonds. The maximum Gasteiger partial charge on any atom is 0.277 e. The minimum Gasteiger partial charge on any atom is -0.325 e. The smallest absolute Gasteiger partial charge is 0.277 e. The van der Waals surface area contributed by atoms with Gasteiger partial charge in [-0.15, -0.1) is 11.6 Å². The van der Waals surface area contributed by atoms with Crippen LogP contribution in [0.2, 0.25) is 0 Å². The second-order valence-corrected chi connectivity index (χ2v) is 3.51. The highest BCUT2D eigenvalue weighted by Crippen LogP contribution is 2.11. The molecule has 1 N–H and O–H groups in total. The van der Waals surface area contributed by atoms with Crippen LogP contribution in [-0.4, -0.2) is 36.9 Å². The Hall–Kier alpha value is -1.59. The zero-order valence-corrected chi connectivity index (χ0v) is 10.3. The van der Waals surface area contributed by atoms with Crippen LogP contribution < -0.4 is 5.32 Å². The Bertz CT molecular complexity index is 406. The number of nitrogens with one attached hydrogen (secondary N) is 1. The van der Waals surface area contributed by atoms with Gasteiger partial charge in [0.1, 0.15) is 5.88 Å². The number of benzene rings is 1. The summed E-state index contributed by atoms with van der Waals surface area (Å²) in [5.41, 5.74) is 1.06. The molecule has 0 atom stereocenters. The maximum atomic E-state index is 11.7. The molecule has 1 rings (SSSR count). The van der Waals surface area contributed by atoms with Crippen molar-refractivity contribution in [3.8, 4) is 0 Å². The van der Waals surface area contributed by atoms with Crippen LogP contribution in [0.15, 0.2) is 24.3 Å². The van der Waals surface area contributed by atoms with Crippen molar-refractivity contribution >= 4 is 29.1 Å². The average molecular weight is 257 g/mol. The van der Waals surface area contributed by atoms with Crippen molar-refractivity contribution in [2.45, 2.75) is 0 Å². The van der Waals surface area contributed by atoms with Gasteiger partial charge in [0, 0.05) is 18.3 Å². The van der Waals surface area contributed by atoms with Crippen LogP contribution in [0.4, 0.5) is 5.69 Å². The summed E-state index contributed by atoms with van der Waals surface area (Å²) in [6.45, 7) is 0. The van der Waals surface area contributed by atoms with Crippen LogP contribution in [-0.2, 0) is 9.63 Å². The second-order valence-electron chi connectivity index (χ2n) is 3.24. The minimum atomic E-state index is -0.292. The van der Waals surface area contributed by atoms with E-state index >= 15 is 0 Å².